The highest BCUT2D eigenvalue weighted by Gasteiger charge is 2.26. The molecule has 176 valence electrons. The number of nitrogens with one attached hydrogen (secondary N) is 2. The average Bonchev–Trinajstić information content (AvgIpc) is 3.22. The van der Waals surface area contributed by atoms with Crippen LogP contribution in [-0.4, -0.2) is 20.4 Å². The minimum Gasteiger partial charge on any atom is -0.456 e. The Kier molecular flexibility index (Phi) is 6.11. The zero-order valence-electron chi connectivity index (χ0n) is 19.1. The fraction of sp³-hybridized carbons (Fsp3) is 0.107. The molecule has 1 atom stereocenters. The number of carbonyl (C=O) groups excluding carboxylic acids is 1. The number of sulfonamides is 1. The molecule has 35 heavy (non-hydrogen) atoms. The Labute approximate surface area is 203 Å². The Hall–Kier alpha value is -3.94. The van der Waals surface area contributed by atoms with E-state index in [1.807, 2.05) is 67.6 Å². The standard InChI is InChI=1S/C28H24N2O4S/c1-19-11-14-22(15-12-19)35(32,33)30-25(17-20-7-3-2-4-8-20)28(31)29-21-13-16-24-23-9-5-6-10-26(23)34-27(24)18-21/h2-16,18,25,30H,17H2,1H3,(H,29,31)/t25-/m0/s1. The molecule has 1 heterocycles. The van der Waals surface area contributed by atoms with E-state index in [-0.39, 0.29) is 11.3 Å². The molecule has 0 spiro atoms. The highest BCUT2D eigenvalue weighted by Crippen LogP contribution is 2.30. The van der Waals surface area contributed by atoms with E-state index < -0.39 is 22.0 Å². The maximum absolute atomic E-state index is 13.3. The monoisotopic (exact) mass is 484 g/mol. The minimum absolute atomic E-state index is 0.109. The lowest BCUT2D eigenvalue weighted by atomic mass is 10.1. The lowest BCUT2D eigenvalue weighted by molar-refractivity contribution is -0.117. The van der Waals surface area contributed by atoms with Gasteiger partial charge in [0.1, 0.15) is 17.2 Å². The first-order valence-electron chi connectivity index (χ1n) is 11.2. The number of carbonyl (C=O) groups is 1. The van der Waals surface area contributed by atoms with Crippen molar-refractivity contribution in [3.05, 3.63) is 108 Å². The molecule has 6 nitrogen and oxygen atoms in total. The number of benzene rings is 4. The Balaban J connectivity index is 1.43. The van der Waals surface area contributed by atoms with Gasteiger partial charge in [-0.15, -0.1) is 0 Å². The van der Waals surface area contributed by atoms with Crippen molar-refractivity contribution < 1.29 is 17.6 Å². The molecule has 0 bridgehead atoms. The Bertz CT molecular complexity index is 1610. The van der Waals surface area contributed by atoms with Crippen LogP contribution in [0.3, 0.4) is 0 Å². The fourth-order valence-electron chi connectivity index (χ4n) is 4.04. The summed E-state index contributed by atoms with van der Waals surface area (Å²) in [7, 11) is -3.92. The van der Waals surface area contributed by atoms with Gasteiger partial charge in [0, 0.05) is 22.5 Å². The number of furan rings is 1. The Morgan fingerprint density at radius 2 is 1.51 bits per heavy atom. The number of fused-ring (bicyclic) bond motifs is 3. The number of hydrogen-bond donors (Lipinski definition) is 2. The van der Waals surface area contributed by atoms with Crippen molar-refractivity contribution in [2.75, 3.05) is 5.32 Å². The van der Waals surface area contributed by atoms with Gasteiger partial charge < -0.3 is 9.73 Å². The SMILES string of the molecule is Cc1ccc(S(=O)(=O)N[C@@H](Cc2ccccc2)C(=O)Nc2ccc3c(c2)oc2ccccc23)cc1. The number of para-hydroxylation sites is 1. The van der Waals surface area contributed by atoms with E-state index in [1.165, 1.54) is 12.1 Å². The summed E-state index contributed by atoms with van der Waals surface area (Å²) in [6.45, 7) is 1.88. The van der Waals surface area contributed by atoms with Crippen molar-refractivity contribution >= 4 is 43.6 Å². The number of aryl methyl sites for hydroxylation is 1. The smallest absolute Gasteiger partial charge is 0.242 e. The first-order chi connectivity index (χ1) is 16.9. The maximum Gasteiger partial charge on any atom is 0.242 e. The molecule has 0 aliphatic carbocycles. The van der Waals surface area contributed by atoms with Crippen molar-refractivity contribution in [1.29, 1.82) is 0 Å². The third-order valence-corrected chi connectivity index (χ3v) is 7.36. The largest absolute Gasteiger partial charge is 0.456 e. The third-order valence-electron chi connectivity index (χ3n) is 5.87. The summed E-state index contributed by atoms with van der Waals surface area (Å²) in [5, 5.41) is 4.79. The minimum atomic E-state index is -3.92. The summed E-state index contributed by atoms with van der Waals surface area (Å²) in [4.78, 5) is 13.4. The van der Waals surface area contributed by atoms with E-state index in [0.29, 0.717) is 11.3 Å². The average molecular weight is 485 g/mol. The van der Waals surface area contributed by atoms with Crippen LogP contribution in [0, 0.1) is 6.92 Å². The molecule has 5 rings (SSSR count). The summed E-state index contributed by atoms with van der Waals surface area (Å²) < 4.78 is 34.6. The van der Waals surface area contributed by atoms with Gasteiger partial charge >= 0.3 is 0 Å². The molecule has 5 aromatic rings. The number of amides is 1. The molecule has 7 heteroatoms. The summed E-state index contributed by atoms with van der Waals surface area (Å²) in [5.74, 6) is -0.458. The van der Waals surface area contributed by atoms with E-state index in [9.17, 15) is 13.2 Å². The molecule has 0 fully saturated rings. The van der Waals surface area contributed by atoms with Gasteiger partial charge in [-0.05, 0) is 49.2 Å². The molecule has 0 aliphatic rings. The second kappa shape index (κ2) is 9.37. The molecule has 0 aliphatic heterocycles. The topological polar surface area (TPSA) is 88.4 Å². The molecule has 1 aromatic heterocycles. The summed E-state index contributed by atoms with van der Waals surface area (Å²) in [6, 6.07) is 28.0. The molecule has 1 amide bonds. The van der Waals surface area contributed by atoms with Crippen molar-refractivity contribution in [2.24, 2.45) is 0 Å². The Morgan fingerprint density at radius 1 is 0.829 bits per heavy atom. The first-order valence-corrected chi connectivity index (χ1v) is 12.7. The van der Waals surface area contributed by atoms with Crippen LogP contribution < -0.4 is 10.0 Å². The van der Waals surface area contributed by atoms with Gasteiger partial charge in [0.05, 0.1) is 4.90 Å². The van der Waals surface area contributed by atoms with Crippen LogP contribution in [-0.2, 0) is 21.2 Å². The second-order valence-electron chi connectivity index (χ2n) is 8.48. The van der Waals surface area contributed by atoms with E-state index in [2.05, 4.69) is 10.0 Å². The lowest BCUT2D eigenvalue weighted by Crippen LogP contribution is -2.45. The molecular formula is C28H24N2O4S. The fourth-order valence-corrected chi connectivity index (χ4v) is 5.24. The van der Waals surface area contributed by atoms with Gasteiger partial charge in [-0.1, -0.05) is 66.2 Å². The zero-order valence-corrected chi connectivity index (χ0v) is 19.9. The van der Waals surface area contributed by atoms with Crippen LogP contribution >= 0.6 is 0 Å². The molecule has 0 saturated heterocycles. The van der Waals surface area contributed by atoms with Gasteiger partial charge in [-0.3, -0.25) is 4.79 Å². The van der Waals surface area contributed by atoms with Gasteiger partial charge in [0.2, 0.25) is 15.9 Å². The molecule has 0 unspecified atom stereocenters. The van der Waals surface area contributed by atoms with E-state index >= 15 is 0 Å². The molecule has 0 radical (unpaired) electrons. The van der Waals surface area contributed by atoms with Crippen molar-refractivity contribution in [3.63, 3.8) is 0 Å². The van der Waals surface area contributed by atoms with Crippen molar-refractivity contribution in [2.45, 2.75) is 24.3 Å². The van der Waals surface area contributed by atoms with E-state index in [4.69, 9.17) is 4.42 Å². The third kappa shape index (κ3) is 4.96. The molecule has 0 saturated carbocycles. The van der Waals surface area contributed by atoms with Crippen LogP contribution in [0.4, 0.5) is 5.69 Å². The van der Waals surface area contributed by atoms with Crippen molar-refractivity contribution in [3.8, 4) is 0 Å². The van der Waals surface area contributed by atoms with Crippen LogP contribution in [0.25, 0.3) is 21.9 Å². The predicted molar refractivity (Wildman–Crippen MR) is 138 cm³/mol. The second-order valence-corrected chi connectivity index (χ2v) is 10.2. The summed E-state index contributed by atoms with van der Waals surface area (Å²) in [6.07, 6.45) is 0.199. The van der Waals surface area contributed by atoms with Gasteiger partial charge in [-0.2, -0.15) is 4.72 Å². The first kappa shape index (κ1) is 22.8. The molecule has 4 aromatic carbocycles. The quantitative estimate of drug-likeness (QED) is 0.323. The van der Waals surface area contributed by atoms with Crippen molar-refractivity contribution in [1.82, 2.24) is 4.72 Å². The lowest BCUT2D eigenvalue weighted by Gasteiger charge is -2.19. The highest BCUT2D eigenvalue weighted by molar-refractivity contribution is 7.89. The van der Waals surface area contributed by atoms with Gasteiger partial charge in [0.25, 0.3) is 0 Å². The van der Waals surface area contributed by atoms with Crippen LogP contribution in [0.15, 0.2) is 106 Å². The zero-order chi connectivity index (χ0) is 24.4. The Morgan fingerprint density at radius 3 is 2.29 bits per heavy atom. The summed E-state index contributed by atoms with van der Waals surface area (Å²) >= 11 is 0. The maximum atomic E-state index is 13.3. The number of rotatable bonds is 7. The number of hydrogen-bond acceptors (Lipinski definition) is 4. The normalized spacial score (nSPS) is 12.6. The molecular weight excluding hydrogens is 460 g/mol. The van der Waals surface area contributed by atoms with Crippen LogP contribution in [0.1, 0.15) is 11.1 Å². The van der Waals surface area contributed by atoms with E-state index in [1.54, 1.807) is 24.3 Å². The predicted octanol–water partition coefficient (Wildman–Crippen LogP) is 5.42. The number of anilines is 1. The molecule has 2 N–H and O–H groups in total. The van der Waals surface area contributed by atoms with E-state index in [0.717, 1.165) is 27.5 Å². The van der Waals surface area contributed by atoms with Crippen LogP contribution in [0.5, 0.6) is 0 Å². The van der Waals surface area contributed by atoms with Gasteiger partial charge in [-0.25, -0.2) is 8.42 Å². The van der Waals surface area contributed by atoms with Gasteiger partial charge in [0.15, 0.2) is 0 Å². The highest BCUT2D eigenvalue weighted by atomic mass is 32.2. The summed E-state index contributed by atoms with van der Waals surface area (Å²) in [5.41, 5.74) is 3.72. The van der Waals surface area contributed by atoms with Crippen LogP contribution in [0.2, 0.25) is 0 Å².